The summed E-state index contributed by atoms with van der Waals surface area (Å²) in [5.74, 6) is -1.23. The number of hydrogen-bond acceptors (Lipinski definition) is 6. The average molecular weight is 330 g/mol. The van der Waals surface area contributed by atoms with E-state index in [1.54, 1.807) is 0 Å². The summed E-state index contributed by atoms with van der Waals surface area (Å²) in [4.78, 5) is 0. The molecular weight excluding hydrogens is 300 g/mol. The van der Waals surface area contributed by atoms with Gasteiger partial charge in [-0.3, -0.25) is 0 Å². The maximum Gasteiger partial charge on any atom is 0.190 e. The van der Waals surface area contributed by atoms with E-state index in [1.807, 2.05) is 27.7 Å². The van der Waals surface area contributed by atoms with E-state index in [9.17, 15) is 0 Å². The van der Waals surface area contributed by atoms with Gasteiger partial charge in [0.1, 0.15) is 24.4 Å². The smallest absolute Gasteiger partial charge is 0.190 e. The van der Waals surface area contributed by atoms with Gasteiger partial charge in [-0.05, 0) is 34.1 Å². The summed E-state index contributed by atoms with van der Waals surface area (Å²) in [5, 5.41) is 0. The maximum atomic E-state index is 6.14. The topological polar surface area (TPSA) is 55.4 Å². The van der Waals surface area contributed by atoms with Crippen molar-refractivity contribution in [2.24, 2.45) is 0 Å². The first-order chi connectivity index (χ1) is 10.8. The Hall–Kier alpha value is -0.240. The lowest BCUT2D eigenvalue weighted by atomic mass is 10.1. The molecule has 3 fully saturated rings. The Morgan fingerprint density at radius 1 is 0.957 bits per heavy atom. The first-order valence-electron chi connectivity index (χ1n) is 8.76. The molecule has 0 aliphatic carbocycles. The van der Waals surface area contributed by atoms with E-state index in [1.165, 1.54) is 6.42 Å². The SMILES string of the molecule is CCCCCO[C@@H]1[C@H]2OC(C)(C)O[C@H]2O[C@@H]1[C@H]1COC(C)(C)O1. The van der Waals surface area contributed by atoms with Crippen molar-refractivity contribution in [1.82, 2.24) is 0 Å². The summed E-state index contributed by atoms with van der Waals surface area (Å²) in [5.41, 5.74) is 0. The van der Waals surface area contributed by atoms with Crippen LogP contribution in [0.2, 0.25) is 0 Å². The highest BCUT2D eigenvalue weighted by Crippen LogP contribution is 2.41. The van der Waals surface area contributed by atoms with Crippen LogP contribution in [0.1, 0.15) is 53.9 Å². The fourth-order valence-corrected chi connectivity index (χ4v) is 3.44. The number of hydrogen-bond donors (Lipinski definition) is 0. The van der Waals surface area contributed by atoms with Gasteiger partial charge in [0.15, 0.2) is 17.9 Å². The lowest BCUT2D eigenvalue weighted by molar-refractivity contribution is -0.236. The largest absolute Gasteiger partial charge is 0.372 e. The molecule has 3 saturated heterocycles. The molecule has 0 unspecified atom stereocenters. The molecule has 0 aromatic carbocycles. The zero-order chi connectivity index (χ0) is 16.7. The monoisotopic (exact) mass is 330 g/mol. The van der Waals surface area contributed by atoms with Crippen molar-refractivity contribution in [1.29, 1.82) is 0 Å². The highest BCUT2D eigenvalue weighted by atomic mass is 16.8. The molecule has 0 saturated carbocycles. The van der Waals surface area contributed by atoms with Gasteiger partial charge in [0, 0.05) is 6.61 Å². The summed E-state index contributed by atoms with van der Waals surface area (Å²) in [7, 11) is 0. The number of rotatable bonds is 6. The molecule has 0 spiro atoms. The van der Waals surface area contributed by atoms with Crippen LogP contribution in [-0.2, 0) is 28.4 Å². The molecule has 0 radical (unpaired) electrons. The van der Waals surface area contributed by atoms with Crippen molar-refractivity contribution < 1.29 is 28.4 Å². The standard InChI is InChI=1S/C17H30O6/c1-6-7-8-9-18-13-12(11-10-19-16(2,3)21-11)20-15-14(13)22-17(4,5)23-15/h11-15H,6-10H2,1-5H3/t11-,12-,13+,14-,15-/m1/s1. The zero-order valence-electron chi connectivity index (χ0n) is 14.9. The van der Waals surface area contributed by atoms with Crippen LogP contribution in [0.15, 0.2) is 0 Å². The summed E-state index contributed by atoms with van der Waals surface area (Å²) >= 11 is 0. The van der Waals surface area contributed by atoms with E-state index < -0.39 is 17.9 Å². The Morgan fingerprint density at radius 2 is 1.74 bits per heavy atom. The van der Waals surface area contributed by atoms with Crippen LogP contribution in [0.25, 0.3) is 0 Å². The molecule has 0 bridgehead atoms. The van der Waals surface area contributed by atoms with Crippen LogP contribution >= 0.6 is 0 Å². The normalized spacial score (nSPS) is 41.3. The molecule has 6 nitrogen and oxygen atoms in total. The second-order valence-corrected chi connectivity index (χ2v) is 7.48. The van der Waals surface area contributed by atoms with Gasteiger partial charge in [0.25, 0.3) is 0 Å². The van der Waals surface area contributed by atoms with Crippen molar-refractivity contribution in [2.75, 3.05) is 13.2 Å². The molecule has 6 heteroatoms. The van der Waals surface area contributed by atoms with Gasteiger partial charge in [-0.2, -0.15) is 0 Å². The quantitative estimate of drug-likeness (QED) is 0.698. The Labute approximate surface area is 138 Å². The summed E-state index contributed by atoms with van der Waals surface area (Å²) in [6.45, 7) is 11.0. The third-order valence-corrected chi connectivity index (χ3v) is 4.48. The van der Waals surface area contributed by atoms with E-state index in [0.717, 1.165) is 12.8 Å². The van der Waals surface area contributed by atoms with Gasteiger partial charge < -0.3 is 28.4 Å². The second-order valence-electron chi connectivity index (χ2n) is 7.48. The van der Waals surface area contributed by atoms with E-state index in [2.05, 4.69) is 6.92 Å². The van der Waals surface area contributed by atoms with Gasteiger partial charge in [-0.25, -0.2) is 0 Å². The lowest BCUT2D eigenvalue weighted by Crippen LogP contribution is -2.44. The van der Waals surface area contributed by atoms with Gasteiger partial charge in [-0.1, -0.05) is 19.8 Å². The molecule has 3 heterocycles. The Balaban J connectivity index is 1.66. The van der Waals surface area contributed by atoms with Gasteiger partial charge in [0.05, 0.1) is 6.61 Å². The van der Waals surface area contributed by atoms with E-state index in [-0.39, 0.29) is 24.4 Å². The van der Waals surface area contributed by atoms with Crippen LogP contribution < -0.4 is 0 Å². The molecule has 134 valence electrons. The summed E-state index contributed by atoms with van der Waals surface area (Å²) in [6.07, 6.45) is 2.15. The average Bonchev–Trinajstić information content (AvgIpc) is 3.05. The van der Waals surface area contributed by atoms with Crippen LogP contribution in [0, 0.1) is 0 Å². The van der Waals surface area contributed by atoms with E-state index >= 15 is 0 Å². The fraction of sp³-hybridized carbons (Fsp3) is 1.00. The van der Waals surface area contributed by atoms with Crippen LogP contribution in [-0.4, -0.2) is 55.5 Å². The van der Waals surface area contributed by atoms with Gasteiger partial charge in [0.2, 0.25) is 0 Å². The molecule has 0 aromatic rings. The van der Waals surface area contributed by atoms with Crippen LogP contribution in [0.4, 0.5) is 0 Å². The molecule has 23 heavy (non-hydrogen) atoms. The van der Waals surface area contributed by atoms with Crippen molar-refractivity contribution in [3.8, 4) is 0 Å². The van der Waals surface area contributed by atoms with Gasteiger partial charge in [-0.15, -0.1) is 0 Å². The summed E-state index contributed by atoms with van der Waals surface area (Å²) < 4.78 is 35.7. The highest BCUT2D eigenvalue weighted by molar-refractivity contribution is 4.98. The summed E-state index contributed by atoms with van der Waals surface area (Å²) in [6, 6.07) is 0. The fourth-order valence-electron chi connectivity index (χ4n) is 3.44. The Bertz CT molecular complexity index is 410. The number of fused-ring (bicyclic) bond motifs is 1. The van der Waals surface area contributed by atoms with Crippen molar-refractivity contribution in [2.45, 2.75) is 96.2 Å². The number of unbranched alkanes of at least 4 members (excludes halogenated alkanes) is 2. The lowest BCUT2D eigenvalue weighted by Gasteiger charge is -2.29. The zero-order valence-corrected chi connectivity index (χ0v) is 14.9. The number of ether oxygens (including phenoxy) is 6. The molecule has 0 aromatic heterocycles. The highest BCUT2D eigenvalue weighted by Gasteiger charge is 2.58. The first-order valence-corrected chi connectivity index (χ1v) is 8.76. The third kappa shape index (κ3) is 3.89. The van der Waals surface area contributed by atoms with Crippen LogP contribution in [0.3, 0.4) is 0 Å². The van der Waals surface area contributed by atoms with Crippen molar-refractivity contribution in [3.63, 3.8) is 0 Å². The minimum Gasteiger partial charge on any atom is -0.372 e. The predicted molar refractivity (Wildman–Crippen MR) is 82.9 cm³/mol. The third-order valence-electron chi connectivity index (χ3n) is 4.48. The molecule has 3 aliphatic heterocycles. The molecule has 3 rings (SSSR count). The molecule has 0 N–H and O–H groups in total. The minimum atomic E-state index is -0.641. The molecule has 0 amide bonds. The van der Waals surface area contributed by atoms with Crippen molar-refractivity contribution in [3.05, 3.63) is 0 Å². The predicted octanol–water partition coefficient (Wildman–Crippen LogP) is 2.59. The first kappa shape index (κ1) is 17.6. The van der Waals surface area contributed by atoms with Crippen molar-refractivity contribution >= 4 is 0 Å². The maximum absolute atomic E-state index is 6.14. The molecule has 5 atom stereocenters. The van der Waals surface area contributed by atoms with Gasteiger partial charge >= 0.3 is 0 Å². The molecule has 3 aliphatic rings. The van der Waals surface area contributed by atoms with Crippen LogP contribution in [0.5, 0.6) is 0 Å². The van der Waals surface area contributed by atoms with E-state index in [4.69, 9.17) is 28.4 Å². The van der Waals surface area contributed by atoms with E-state index in [0.29, 0.717) is 13.2 Å². The Kier molecular flexibility index (Phi) is 5.03. The Morgan fingerprint density at radius 3 is 2.39 bits per heavy atom. The second kappa shape index (κ2) is 6.58. The molecular formula is C17H30O6. The minimum absolute atomic E-state index is 0.165.